The zero-order chi connectivity index (χ0) is 19.3. The maximum atomic E-state index is 13.1. The fourth-order valence-electron chi connectivity index (χ4n) is 3.50. The molecule has 1 saturated carbocycles. The summed E-state index contributed by atoms with van der Waals surface area (Å²) in [5, 5.41) is 8.77. The number of fused-ring (bicyclic) bond motifs is 3. The van der Waals surface area contributed by atoms with Gasteiger partial charge in [-0.15, -0.1) is 11.3 Å². The Hall–Kier alpha value is -2.71. The number of aromatic nitrogens is 4. The number of nitrogens with zero attached hydrogens (tertiary/aromatic N) is 4. The average molecular weight is 395 g/mol. The monoisotopic (exact) mass is 395 g/mol. The number of hydrogen-bond donors (Lipinski definition) is 1. The summed E-state index contributed by atoms with van der Waals surface area (Å²) < 4.78 is 8.44. The smallest absolute Gasteiger partial charge is 0.352 e. The Morgan fingerprint density at radius 1 is 1.29 bits per heavy atom. The van der Waals surface area contributed by atoms with Gasteiger partial charge in [0, 0.05) is 17.5 Å². The third-order valence-electron chi connectivity index (χ3n) is 5.28. The highest BCUT2D eigenvalue weighted by atomic mass is 32.1. The maximum Gasteiger partial charge on any atom is 0.352 e. The van der Waals surface area contributed by atoms with Crippen molar-refractivity contribution >= 4 is 27.2 Å². The van der Waals surface area contributed by atoms with E-state index in [4.69, 9.17) is 4.74 Å². The summed E-state index contributed by atoms with van der Waals surface area (Å²) >= 11 is 1.67. The predicted octanol–water partition coefficient (Wildman–Crippen LogP) is 2.72. The molecule has 0 saturated heterocycles. The number of hydrogen-bond acceptors (Lipinski definition) is 6. The quantitative estimate of drug-likeness (QED) is 0.543. The first-order valence-electron chi connectivity index (χ1n) is 9.36. The fraction of sp³-hybridized carbons (Fsp3) is 0.350. The van der Waals surface area contributed by atoms with E-state index in [-0.39, 0.29) is 5.69 Å². The number of thiophene rings is 1. The number of benzene rings is 1. The Bertz CT molecular complexity index is 1220. The third kappa shape index (κ3) is 2.89. The molecule has 0 aliphatic heterocycles. The van der Waals surface area contributed by atoms with Crippen molar-refractivity contribution < 1.29 is 4.74 Å². The van der Waals surface area contributed by atoms with Crippen LogP contribution in [0.2, 0.25) is 0 Å². The Morgan fingerprint density at radius 2 is 2.07 bits per heavy atom. The second-order valence-corrected chi connectivity index (χ2v) is 8.28. The van der Waals surface area contributed by atoms with Crippen LogP contribution in [-0.2, 0) is 13.1 Å². The van der Waals surface area contributed by atoms with Crippen molar-refractivity contribution in [2.24, 2.45) is 0 Å². The van der Waals surface area contributed by atoms with Crippen molar-refractivity contribution in [1.82, 2.24) is 24.5 Å². The van der Waals surface area contributed by atoms with Crippen LogP contribution >= 0.6 is 11.3 Å². The zero-order valence-electron chi connectivity index (χ0n) is 15.8. The Kier molecular flexibility index (Phi) is 4.17. The lowest BCUT2D eigenvalue weighted by Gasteiger charge is -2.09. The standard InChI is InChI=1S/C20H21N5O2S/c1-12-16(9-21-14-5-6-14)28-19-17(12)18-22-11-23-25(18)20(26)24(19)10-13-3-7-15(27-2)8-4-13/h3-4,7-8,11,14,21H,5-6,9-10H2,1-2H3. The molecule has 28 heavy (non-hydrogen) atoms. The van der Waals surface area contributed by atoms with Crippen molar-refractivity contribution in [3.8, 4) is 5.75 Å². The van der Waals surface area contributed by atoms with E-state index in [1.807, 2.05) is 24.3 Å². The molecule has 0 spiro atoms. The van der Waals surface area contributed by atoms with Crippen LogP contribution in [0.3, 0.4) is 0 Å². The highest BCUT2D eigenvalue weighted by molar-refractivity contribution is 7.19. The minimum atomic E-state index is -0.168. The van der Waals surface area contributed by atoms with Crippen molar-refractivity contribution in [1.29, 1.82) is 0 Å². The van der Waals surface area contributed by atoms with Crippen LogP contribution in [0.25, 0.3) is 15.9 Å². The summed E-state index contributed by atoms with van der Waals surface area (Å²) in [7, 11) is 1.65. The van der Waals surface area contributed by atoms with Gasteiger partial charge in [-0.25, -0.2) is 9.78 Å². The first-order chi connectivity index (χ1) is 13.7. The summed E-state index contributed by atoms with van der Waals surface area (Å²) in [5.41, 5.74) is 2.68. The van der Waals surface area contributed by atoms with E-state index in [0.717, 1.165) is 28.1 Å². The molecular formula is C20H21N5O2S. The molecule has 3 aromatic heterocycles. The summed E-state index contributed by atoms with van der Waals surface area (Å²) in [6.07, 6.45) is 3.95. The van der Waals surface area contributed by atoms with Gasteiger partial charge >= 0.3 is 5.69 Å². The minimum Gasteiger partial charge on any atom is -0.497 e. The lowest BCUT2D eigenvalue weighted by atomic mass is 10.2. The number of methoxy groups -OCH3 is 1. The van der Waals surface area contributed by atoms with Gasteiger partial charge in [0.2, 0.25) is 0 Å². The average Bonchev–Trinajstić information content (AvgIpc) is 3.31. The van der Waals surface area contributed by atoms with Gasteiger partial charge in [-0.3, -0.25) is 4.57 Å². The molecule has 1 aliphatic rings. The fourth-order valence-corrected chi connectivity index (χ4v) is 4.74. The van der Waals surface area contributed by atoms with Crippen LogP contribution in [-0.4, -0.2) is 32.3 Å². The molecule has 1 aliphatic carbocycles. The van der Waals surface area contributed by atoms with Crippen molar-refractivity contribution in [2.45, 2.75) is 38.9 Å². The largest absolute Gasteiger partial charge is 0.497 e. The second kappa shape index (κ2) is 6.72. The molecular weight excluding hydrogens is 374 g/mol. The van der Waals surface area contributed by atoms with Gasteiger partial charge < -0.3 is 10.1 Å². The molecule has 4 aromatic rings. The van der Waals surface area contributed by atoms with Gasteiger partial charge in [0.1, 0.15) is 16.9 Å². The van der Waals surface area contributed by atoms with Crippen LogP contribution < -0.4 is 15.7 Å². The summed E-state index contributed by atoms with van der Waals surface area (Å²) in [6.45, 7) is 3.41. The second-order valence-electron chi connectivity index (χ2n) is 7.20. The molecule has 0 atom stereocenters. The highest BCUT2D eigenvalue weighted by Gasteiger charge is 2.23. The van der Waals surface area contributed by atoms with Gasteiger partial charge in [-0.2, -0.15) is 9.61 Å². The van der Waals surface area contributed by atoms with E-state index in [0.29, 0.717) is 18.2 Å². The van der Waals surface area contributed by atoms with Gasteiger partial charge in [0.15, 0.2) is 5.65 Å². The molecule has 1 fully saturated rings. The number of rotatable bonds is 6. The van der Waals surface area contributed by atoms with Crippen LogP contribution in [0.5, 0.6) is 5.75 Å². The van der Waals surface area contributed by atoms with E-state index < -0.39 is 0 Å². The molecule has 7 nitrogen and oxygen atoms in total. The lowest BCUT2D eigenvalue weighted by molar-refractivity contribution is 0.414. The predicted molar refractivity (Wildman–Crippen MR) is 109 cm³/mol. The molecule has 0 radical (unpaired) electrons. The Morgan fingerprint density at radius 3 is 2.79 bits per heavy atom. The summed E-state index contributed by atoms with van der Waals surface area (Å²) in [4.78, 5) is 19.7. The van der Waals surface area contributed by atoms with E-state index in [9.17, 15) is 4.79 Å². The first-order valence-corrected chi connectivity index (χ1v) is 10.2. The van der Waals surface area contributed by atoms with Crippen LogP contribution in [0, 0.1) is 6.92 Å². The third-order valence-corrected chi connectivity index (χ3v) is 6.60. The molecule has 1 N–H and O–H groups in total. The van der Waals surface area contributed by atoms with E-state index >= 15 is 0 Å². The van der Waals surface area contributed by atoms with Crippen molar-refractivity contribution in [3.63, 3.8) is 0 Å². The SMILES string of the molecule is COc1ccc(Cn2c(=O)n3ncnc3c3c(C)c(CNC4CC4)sc32)cc1. The van der Waals surface area contributed by atoms with Gasteiger partial charge in [-0.05, 0) is 43.0 Å². The van der Waals surface area contributed by atoms with Crippen molar-refractivity contribution in [3.05, 3.63) is 57.1 Å². The van der Waals surface area contributed by atoms with Crippen LogP contribution in [0.1, 0.15) is 28.8 Å². The Balaban J connectivity index is 1.65. The maximum absolute atomic E-state index is 13.1. The van der Waals surface area contributed by atoms with Crippen molar-refractivity contribution in [2.75, 3.05) is 7.11 Å². The van der Waals surface area contributed by atoms with Crippen LogP contribution in [0.4, 0.5) is 0 Å². The molecule has 5 rings (SSSR count). The van der Waals surface area contributed by atoms with Crippen LogP contribution in [0.15, 0.2) is 35.4 Å². The van der Waals surface area contributed by atoms with Gasteiger partial charge in [0.25, 0.3) is 0 Å². The topological polar surface area (TPSA) is 73.5 Å². The molecule has 8 heteroatoms. The normalized spacial score (nSPS) is 14.2. The number of aryl methyl sites for hydroxylation is 1. The highest BCUT2D eigenvalue weighted by Crippen LogP contribution is 2.33. The van der Waals surface area contributed by atoms with Gasteiger partial charge in [-0.1, -0.05) is 12.1 Å². The molecule has 1 aromatic carbocycles. The lowest BCUT2D eigenvalue weighted by Crippen LogP contribution is -2.27. The molecule has 3 heterocycles. The Labute approximate surface area is 165 Å². The molecule has 0 bridgehead atoms. The summed E-state index contributed by atoms with van der Waals surface area (Å²) in [5.74, 6) is 0.799. The molecule has 0 unspecified atom stereocenters. The van der Waals surface area contributed by atoms with E-state index in [2.05, 4.69) is 22.3 Å². The first kappa shape index (κ1) is 17.4. The number of nitrogens with one attached hydrogen (secondary N) is 1. The zero-order valence-corrected chi connectivity index (χ0v) is 16.6. The van der Waals surface area contributed by atoms with E-state index in [1.54, 1.807) is 23.0 Å². The van der Waals surface area contributed by atoms with Gasteiger partial charge in [0.05, 0.1) is 19.0 Å². The molecule has 0 amide bonds. The minimum absolute atomic E-state index is 0.168. The molecule has 144 valence electrons. The number of ether oxygens (including phenoxy) is 1. The summed E-state index contributed by atoms with van der Waals surface area (Å²) in [6, 6.07) is 8.43. The van der Waals surface area contributed by atoms with E-state index in [1.165, 1.54) is 34.1 Å².